The first-order chi connectivity index (χ1) is 11.6. The molecular formula is C17H18N4O2S. The van der Waals surface area contributed by atoms with Crippen LogP contribution < -0.4 is 10.5 Å². The highest BCUT2D eigenvalue weighted by Crippen LogP contribution is 2.29. The van der Waals surface area contributed by atoms with Crippen LogP contribution in [0.15, 0.2) is 29.1 Å². The zero-order valence-electron chi connectivity index (χ0n) is 13.7. The summed E-state index contributed by atoms with van der Waals surface area (Å²) in [4.78, 5) is 23.6. The third-order valence-corrected chi connectivity index (χ3v) is 5.15. The molecule has 24 heavy (non-hydrogen) atoms. The molecule has 0 saturated carbocycles. The van der Waals surface area contributed by atoms with E-state index < -0.39 is 0 Å². The number of fused-ring (bicyclic) bond motifs is 1. The minimum absolute atomic E-state index is 0.0903. The van der Waals surface area contributed by atoms with E-state index in [9.17, 15) is 4.79 Å². The number of aryl methyl sites for hydroxylation is 2. The van der Waals surface area contributed by atoms with Crippen molar-refractivity contribution in [2.75, 3.05) is 31.2 Å². The summed E-state index contributed by atoms with van der Waals surface area (Å²) in [6.45, 7) is 6.98. The molecule has 0 amide bonds. The van der Waals surface area contributed by atoms with Gasteiger partial charge in [-0.05, 0) is 32.0 Å². The average molecular weight is 342 g/mol. The van der Waals surface area contributed by atoms with Gasteiger partial charge in [0.25, 0.3) is 5.56 Å². The summed E-state index contributed by atoms with van der Waals surface area (Å²) in [5.41, 5.74) is 2.71. The van der Waals surface area contributed by atoms with Crippen molar-refractivity contribution in [1.29, 1.82) is 0 Å². The maximum absolute atomic E-state index is 12.3. The van der Waals surface area contributed by atoms with Crippen LogP contribution in [-0.2, 0) is 4.74 Å². The Morgan fingerprint density at radius 1 is 1.12 bits per heavy atom. The van der Waals surface area contributed by atoms with E-state index in [0.717, 1.165) is 42.2 Å². The number of nitrogens with zero attached hydrogens (tertiary/aromatic N) is 4. The molecule has 0 aliphatic carbocycles. The van der Waals surface area contributed by atoms with Gasteiger partial charge >= 0.3 is 0 Å². The maximum atomic E-state index is 12.3. The van der Waals surface area contributed by atoms with Gasteiger partial charge in [0.05, 0.1) is 23.4 Å². The second kappa shape index (κ2) is 5.99. The van der Waals surface area contributed by atoms with E-state index in [0.29, 0.717) is 11.0 Å². The van der Waals surface area contributed by atoms with Crippen LogP contribution in [0.3, 0.4) is 0 Å². The van der Waals surface area contributed by atoms with Gasteiger partial charge in [-0.15, -0.1) is 0 Å². The Bertz CT molecular complexity index is 957. The predicted octanol–water partition coefficient (Wildman–Crippen LogP) is 2.30. The molecule has 1 aromatic carbocycles. The van der Waals surface area contributed by atoms with Crippen molar-refractivity contribution in [3.8, 4) is 5.13 Å². The number of morpholine rings is 1. The molecule has 1 aliphatic heterocycles. The minimum atomic E-state index is -0.0903. The molecule has 0 atom stereocenters. The molecule has 1 fully saturated rings. The smallest absolute Gasteiger partial charge is 0.260 e. The number of ether oxygens (including phenoxy) is 1. The van der Waals surface area contributed by atoms with E-state index in [1.165, 1.54) is 23.1 Å². The van der Waals surface area contributed by atoms with Crippen molar-refractivity contribution in [1.82, 2.24) is 14.5 Å². The van der Waals surface area contributed by atoms with Crippen molar-refractivity contribution < 1.29 is 4.74 Å². The Morgan fingerprint density at radius 3 is 2.67 bits per heavy atom. The van der Waals surface area contributed by atoms with Crippen molar-refractivity contribution >= 4 is 27.2 Å². The quantitative estimate of drug-likeness (QED) is 0.715. The summed E-state index contributed by atoms with van der Waals surface area (Å²) in [6.07, 6.45) is 0. The number of anilines is 1. The van der Waals surface area contributed by atoms with Gasteiger partial charge in [0.1, 0.15) is 5.82 Å². The second-order valence-electron chi connectivity index (χ2n) is 5.87. The zero-order valence-corrected chi connectivity index (χ0v) is 14.5. The summed E-state index contributed by atoms with van der Waals surface area (Å²) in [7, 11) is 0. The number of benzene rings is 1. The van der Waals surface area contributed by atoms with Gasteiger partial charge in [0.2, 0.25) is 0 Å². The average Bonchev–Trinajstić information content (AvgIpc) is 2.97. The monoisotopic (exact) mass is 342 g/mol. The van der Waals surface area contributed by atoms with Gasteiger partial charge in [-0.1, -0.05) is 11.3 Å². The molecule has 0 bridgehead atoms. The highest BCUT2D eigenvalue weighted by atomic mass is 32.1. The number of thiazole rings is 1. The number of hydrogen-bond donors (Lipinski definition) is 0. The second-order valence-corrected chi connectivity index (χ2v) is 6.88. The summed E-state index contributed by atoms with van der Waals surface area (Å²) < 4.78 is 8.06. The molecule has 124 valence electrons. The lowest BCUT2D eigenvalue weighted by molar-refractivity contribution is 0.122. The van der Waals surface area contributed by atoms with Crippen LogP contribution in [-0.4, -0.2) is 40.8 Å². The van der Waals surface area contributed by atoms with Gasteiger partial charge in [-0.2, -0.15) is 0 Å². The standard InChI is InChI=1S/C17H18N4O2S/c1-11-9-16(22)21(12(2)18-11)17-19-14-4-3-13(10-15(14)24-17)20-5-7-23-8-6-20/h3-4,9-10H,5-8H2,1-2H3. The van der Waals surface area contributed by atoms with Crippen LogP contribution in [0.5, 0.6) is 0 Å². The molecule has 7 heteroatoms. The molecule has 1 saturated heterocycles. The fourth-order valence-corrected chi connectivity index (χ4v) is 4.04. The lowest BCUT2D eigenvalue weighted by Crippen LogP contribution is -2.36. The SMILES string of the molecule is Cc1cc(=O)n(-c2nc3ccc(N4CCOCC4)cc3s2)c(C)n1. The van der Waals surface area contributed by atoms with Crippen LogP contribution >= 0.6 is 11.3 Å². The lowest BCUT2D eigenvalue weighted by atomic mass is 10.2. The third-order valence-electron chi connectivity index (χ3n) is 4.14. The van der Waals surface area contributed by atoms with E-state index >= 15 is 0 Å². The molecule has 4 rings (SSSR count). The predicted molar refractivity (Wildman–Crippen MR) is 95.5 cm³/mol. The largest absolute Gasteiger partial charge is 0.378 e. The highest BCUT2D eigenvalue weighted by molar-refractivity contribution is 7.20. The molecule has 0 radical (unpaired) electrons. The molecule has 3 aromatic rings. The van der Waals surface area contributed by atoms with Crippen LogP contribution in [0.1, 0.15) is 11.5 Å². The van der Waals surface area contributed by atoms with E-state index in [2.05, 4.69) is 27.0 Å². The van der Waals surface area contributed by atoms with Crippen LogP contribution in [0, 0.1) is 13.8 Å². The highest BCUT2D eigenvalue weighted by Gasteiger charge is 2.15. The number of hydrogen-bond acceptors (Lipinski definition) is 6. The van der Waals surface area contributed by atoms with E-state index in [1.54, 1.807) is 4.57 Å². The third kappa shape index (κ3) is 2.70. The Labute approximate surface area is 143 Å². The van der Waals surface area contributed by atoms with Crippen molar-refractivity contribution in [3.63, 3.8) is 0 Å². The van der Waals surface area contributed by atoms with E-state index in [-0.39, 0.29) is 5.56 Å². The number of rotatable bonds is 2. The molecule has 2 aromatic heterocycles. The number of aromatic nitrogens is 3. The maximum Gasteiger partial charge on any atom is 0.260 e. The van der Waals surface area contributed by atoms with E-state index in [4.69, 9.17) is 4.74 Å². The summed E-state index contributed by atoms with van der Waals surface area (Å²) in [6, 6.07) is 7.78. The Balaban J connectivity index is 1.77. The fourth-order valence-electron chi connectivity index (χ4n) is 2.99. The van der Waals surface area contributed by atoms with Gasteiger partial charge in [-0.25, -0.2) is 14.5 Å². The van der Waals surface area contributed by atoms with Crippen molar-refractivity contribution in [3.05, 3.63) is 46.1 Å². The normalized spacial score (nSPS) is 15.2. The zero-order chi connectivity index (χ0) is 16.7. The summed E-state index contributed by atoms with van der Waals surface area (Å²) in [5, 5.41) is 0.666. The molecule has 3 heterocycles. The Hall–Kier alpha value is -2.25. The van der Waals surface area contributed by atoms with Gasteiger partial charge < -0.3 is 9.64 Å². The van der Waals surface area contributed by atoms with Gasteiger partial charge in [-0.3, -0.25) is 4.79 Å². The van der Waals surface area contributed by atoms with Gasteiger partial charge in [0, 0.05) is 30.5 Å². The van der Waals surface area contributed by atoms with Crippen LogP contribution in [0.25, 0.3) is 15.3 Å². The van der Waals surface area contributed by atoms with Gasteiger partial charge in [0.15, 0.2) is 5.13 Å². The van der Waals surface area contributed by atoms with Crippen LogP contribution in [0.4, 0.5) is 5.69 Å². The summed E-state index contributed by atoms with van der Waals surface area (Å²) in [5.74, 6) is 0.660. The van der Waals surface area contributed by atoms with Crippen molar-refractivity contribution in [2.24, 2.45) is 0 Å². The van der Waals surface area contributed by atoms with E-state index in [1.807, 2.05) is 19.9 Å². The molecule has 1 aliphatic rings. The molecular weight excluding hydrogens is 324 g/mol. The topological polar surface area (TPSA) is 60.2 Å². The van der Waals surface area contributed by atoms with Crippen LogP contribution in [0.2, 0.25) is 0 Å². The Morgan fingerprint density at radius 2 is 1.92 bits per heavy atom. The first kappa shape index (κ1) is 15.3. The minimum Gasteiger partial charge on any atom is -0.378 e. The molecule has 0 N–H and O–H groups in total. The first-order valence-electron chi connectivity index (χ1n) is 7.93. The lowest BCUT2D eigenvalue weighted by Gasteiger charge is -2.28. The summed E-state index contributed by atoms with van der Waals surface area (Å²) >= 11 is 1.52. The Kier molecular flexibility index (Phi) is 3.82. The fraction of sp³-hybridized carbons (Fsp3) is 0.353. The molecule has 0 spiro atoms. The first-order valence-corrected chi connectivity index (χ1v) is 8.74. The molecule has 0 unspecified atom stereocenters. The van der Waals surface area contributed by atoms with Crippen molar-refractivity contribution in [2.45, 2.75) is 13.8 Å². The molecule has 6 nitrogen and oxygen atoms in total.